The number of hydrogen-bond donors (Lipinski definition) is 2. The summed E-state index contributed by atoms with van der Waals surface area (Å²) in [5, 5.41) is 10.9. The van der Waals surface area contributed by atoms with Crippen molar-refractivity contribution in [1.29, 1.82) is 0 Å². The molecule has 5 nitrogen and oxygen atoms in total. The van der Waals surface area contributed by atoms with Crippen LogP contribution in [0, 0.1) is 0 Å². The van der Waals surface area contributed by atoms with E-state index in [-0.39, 0.29) is 31.5 Å². The second-order valence-corrected chi connectivity index (χ2v) is 2.99. The average Bonchev–Trinajstić information content (AvgIpc) is 2.48. The highest BCUT2D eigenvalue weighted by molar-refractivity contribution is 5.85. The fourth-order valence-electron chi connectivity index (χ4n) is 1.30. The van der Waals surface area contributed by atoms with Crippen LogP contribution in [-0.4, -0.2) is 48.1 Å². The fraction of sp³-hybridized carbons (Fsp3) is 0.750. The summed E-state index contributed by atoms with van der Waals surface area (Å²) in [6, 6.07) is 0. The molecule has 0 aliphatic carbocycles. The van der Waals surface area contributed by atoms with Gasteiger partial charge in [0, 0.05) is 19.5 Å². The summed E-state index contributed by atoms with van der Waals surface area (Å²) < 4.78 is 0. The molecular weight excluding hydrogens is 172 g/mol. The fourth-order valence-corrected chi connectivity index (χ4v) is 1.30. The molecule has 1 aliphatic heterocycles. The number of carbonyl (C=O) groups is 2. The van der Waals surface area contributed by atoms with E-state index in [9.17, 15) is 9.59 Å². The minimum Gasteiger partial charge on any atom is -0.395 e. The normalized spacial score (nSPS) is 16.4. The first-order valence-electron chi connectivity index (χ1n) is 4.39. The maximum absolute atomic E-state index is 11.1. The Morgan fingerprint density at radius 1 is 1.62 bits per heavy atom. The van der Waals surface area contributed by atoms with E-state index in [4.69, 9.17) is 5.11 Å². The van der Waals surface area contributed by atoms with E-state index >= 15 is 0 Å². The number of rotatable bonds is 4. The van der Waals surface area contributed by atoms with Gasteiger partial charge in [-0.05, 0) is 6.42 Å². The van der Waals surface area contributed by atoms with E-state index in [0.717, 1.165) is 6.42 Å². The lowest BCUT2D eigenvalue weighted by Gasteiger charge is -2.14. The van der Waals surface area contributed by atoms with Crippen molar-refractivity contribution in [3.63, 3.8) is 0 Å². The van der Waals surface area contributed by atoms with Crippen molar-refractivity contribution in [3.05, 3.63) is 0 Å². The van der Waals surface area contributed by atoms with Gasteiger partial charge < -0.3 is 15.3 Å². The molecule has 0 saturated carbocycles. The Hall–Kier alpha value is -1.10. The minimum atomic E-state index is -0.204. The Morgan fingerprint density at radius 2 is 2.38 bits per heavy atom. The summed E-state index contributed by atoms with van der Waals surface area (Å²) in [4.78, 5) is 23.7. The van der Waals surface area contributed by atoms with Gasteiger partial charge in [-0.25, -0.2) is 0 Å². The lowest BCUT2D eigenvalue weighted by atomic mass is 10.4. The van der Waals surface area contributed by atoms with Crippen molar-refractivity contribution < 1.29 is 14.7 Å². The Morgan fingerprint density at radius 3 is 2.92 bits per heavy atom. The molecule has 0 aromatic rings. The van der Waals surface area contributed by atoms with E-state index in [1.165, 1.54) is 4.90 Å². The largest absolute Gasteiger partial charge is 0.395 e. The van der Waals surface area contributed by atoms with Crippen LogP contribution < -0.4 is 5.32 Å². The van der Waals surface area contributed by atoms with Crippen LogP contribution in [0.15, 0.2) is 0 Å². The van der Waals surface area contributed by atoms with Crippen molar-refractivity contribution in [2.45, 2.75) is 12.8 Å². The topological polar surface area (TPSA) is 69.6 Å². The van der Waals surface area contributed by atoms with Gasteiger partial charge in [-0.3, -0.25) is 9.59 Å². The first kappa shape index (κ1) is 9.98. The Labute approximate surface area is 76.7 Å². The minimum absolute atomic E-state index is 0.0409. The molecular formula is C8H14N2O3. The second-order valence-electron chi connectivity index (χ2n) is 2.99. The maximum Gasteiger partial charge on any atom is 0.239 e. The average molecular weight is 186 g/mol. The first-order chi connectivity index (χ1) is 6.24. The third kappa shape index (κ3) is 3.02. The van der Waals surface area contributed by atoms with E-state index in [0.29, 0.717) is 13.0 Å². The third-order valence-electron chi connectivity index (χ3n) is 1.94. The molecule has 0 atom stereocenters. The van der Waals surface area contributed by atoms with Crippen molar-refractivity contribution in [2.75, 3.05) is 26.2 Å². The molecule has 1 aliphatic rings. The van der Waals surface area contributed by atoms with Crippen molar-refractivity contribution in [2.24, 2.45) is 0 Å². The maximum atomic E-state index is 11.1. The van der Waals surface area contributed by atoms with Gasteiger partial charge in [0.15, 0.2) is 0 Å². The molecule has 0 spiro atoms. The molecule has 1 heterocycles. The summed E-state index contributed by atoms with van der Waals surface area (Å²) in [5.74, 6) is -0.163. The van der Waals surface area contributed by atoms with Crippen LogP contribution in [0.5, 0.6) is 0 Å². The predicted octanol–water partition coefficient (Wildman–Crippen LogP) is -1.28. The first-order valence-corrected chi connectivity index (χ1v) is 4.39. The lowest BCUT2D eigenvalue weighted by molar-refractivity contribution is -0.133. The van der Waals surface area contributed by atoms with Gasteiger partial charge >= 0.3 is 0 Å². The highest BCUT2D eigenvalue weighted by Gasteiger charge is 2.21. The number of nitrogens with one attached hydrogen (secondary N) is 1. The van der Waals surface area contributed by atoms with Gasteiger partial charge in [-0.2, -0.15) is 0 Å². The number of carbonyl (C=O) groups excluding carboxylic acids is 2. The van der Waals surface area contributed by atoms with E-state index < -0.39 is 0 Å². The molecule has 0 bridgehead atoms. The molecule has 74 valence electrons. The SMILES string of the molecule is O=C(CN1CCCC1=O)NCCO. The van der Waals surface area contributed by atoms with Crippen LogP contribution >= 0.6 is 0 Å². The van der Waals surface area contributed by atoms with Crippen molar-refractivity contribution in [1.82, 2.24) is 10.2 Å². The van der Waals surface area contributed by atoms with Crippen LogP contribution in [0.4, 0.5) is 0 Å². The molecule has 0 aromatic carbocycles. The van der Waals surface area contributed by atoms with Crippen molar-refractivity contribution in [3.8, 4) is 0 Å². The Bertz CT molecular complexity index is 206. The molecule has 2 amide bonds. The number of likely N-dealkylation sites (tertiary alicyclic amines) is 1. The quantitative estimate of drug-likeness (QED) is 0.574. The zero-order valence-electron chi connectivity index (χ0n) is 7.45. The smallest absolute Gasteiger partial charge is 0.239 e. The molecule has 1 fully saturated rings. The zero-order chi connectivity index (χ0) is 9.68. The predicted molar refractivity (Wildman–Crippen MR) is 45.9 cm³/mol. The Balaban J connectivity index is 2.23. The van der Waals surface area contributed by atoms with E-state index in [1.807, 2.05) is 0 Å². The number of aliphatic hydroxyl groups excluding tert-OH is 1. The molecule has 0 aromatic heterocycles. The van der Waals surface area contributed by atoms with Gasteiger partial charge in [-0.1, -0.05) is 0 Å². The summed E-state index contributed by atoms with van der Waals surface area (Å²) in [6.07, 6.45) is 1.39. The van der Waals surface area contributed by atoms with Gasteiger partial charge in [0.05, 0.1) is 13.2 Å². The van der Waals surface area contributed by atoms with Crippen LogP contribution in [0.1, 0.15) is 12.8 Å². The number of hydrogen-bond acceptors (Lipinski definition) is 3. The van der Waals surface area contributed by atoms with Crippen molar-refractivity contribution >= 4 is 11.8 Å². The lowest BCUT2D eigenvalue weighted by Crippen LogP contribution is -2.38. The van der Waals surface area contributed by atoms with Gasteiger partial charge in [0.1, 0.15) is 0 Å². The summed E-state index contributed by atoms with van der Waals surface area (Å²) in [6.45, 7) is 0.977. The molecule has 0 unspecified atom stereocenters. The summed E-state index contributed by atoms with van der Waals surface area (Å²) >= 11 is 0. The monoisotopic (exact) mass is 186 g/mol. The Kier molecular flexibility index (Phi) is 3.70. The van der Waals surface area contributed by atoms with E-state index in [1.54, 1.807) is 0 Å². The molecule has 13 heavy (non-hydrogen) atoms. The van der Waals surface area contributed by atoms with Gasteiger partial charge in [0.2, 0.25) is 11.8 Å². The molecule has 2 N–H and O–H groups in total. The molecule has 1 rings (SSSR count). The molecule has 5 heteroatoms. The van der Waals surface area contributed by atoms with Crippen LogP contribution in [0.25, 0.3) is 0 Å². The molecule has 1 saturated heterocycles. The zero-order valence-corrected chi connectivity index (χ0v) is 7.45. The highest BCUT2D eigenvalue weighted by atomic mass is 16.3. The number of nitrogens with zero attached hydrogens (tertiary/aromatic N) is 1. The van der Waals surface area contributed by atoms with Crippen LogP contribution in [-0.2, 0) is 9.59 Å². The second kappa shape index (κ2) is 4.81. The standard InChI is InChI=1S/C8H14N2O3/c11-5-3-9-7(12)6-10-4-1-2-8(10)13/h11H,1-6H2,(H,9,12). The summed E-state index contributed by atoms with van der Waals surface area (Å²) in [5.41, 5.74) is 0. The van der Waals surface area contributed by atoms with Crippen LogP contribution in [0.3, 0.4) is 0 Å². The third-order valence-corrected chi connectivity index (χ3v) is 1.94. The number of amides is 2. The van der Waals surface area contributed by atoms with Gasteiger partial charge in [0.25, 0.3) is 0 Å². The van der Waals surface area contributed by atoms with Gasteiger partial charge in [-0.15, -0.1) is 0 Å². The van der Waals surface area contributed by atoms with Crippen LogP contribution in [0.2, 0.25) is 0 Å². The van der Waals surface area contributed by atoms with E-state index in [2.05, 4.69) is 5.32 Å². The number of aliphatic hydroxyl groups is 1. The molecule has 0 radical (unpaired) electrons. The summed E-state index contributed by atoms with van der Waals surface area (Å²) in [7, 11) is 0. The highest BCUT2D eigenvalue weighted by Crippen LogP contribution is 2.08.